The highest BCUT2D eigenvalue weighted by Gasteiger charge is 2.29. The summed E-state index contributed by atoms with van der Waals surface area (Å²) >= 11 is 0. The van der Waals surface area contributed by atoms with E-state index in [0.717, 1.165) is 38.5 Å². The van der Waals surface area contributed by atoms with Gasteiger partial charge in [0.15, 0.2) is 0 Å². The van der Waals surface area contributed by atoms with Gasteiger partial charge in [0.25, 0.3) is 0 Å². The molecule has 33 heavy (non-hydrogen) atoms. The summed E-state index contributed by atoms with van der Waals surface area (Å²) in [7, 11) is 0. The standard InChI is InChI=1S/C27H38N2O4/c1-2-3-4-5-6-7-8-9-10-11-12-13-14-15-16-17-18-19-20-25(31)28-26(32)23-29-22-24(30)21-27(29)33/h3-4,6-7,9-10,12-13,15-16,18-19,24,30H,2,5,8,11,14,17,20-23H2,1H3,(H,28,31,32). The van der Waals surface area contributed by atoms with Crippen molar-refractivity contribution < 1.29 is 19.5 Å². The predicted molar refractivity (Wildman–Crippen MR) is 133 cm³/mol. The molecule has 0 radical (unpaired) electrons. The monoisotopic (exact) mass is 454 g/mol. The number of aliphatic hydroxyl groups is 1. The van der Waals surface area contributed by atoms with Crippen molar-refractivity contribution in [1.82, 2.24) is 10.2 Å². The number of allylic oxidation sites excluding steroid dienone is 11. The zero-order chi connectivity index (χ0) is 24.2. The largest absolute Gasteiger partial charge is 0.391 e. The quantitative estimate of drug-likeness (QED) is 0.361. The smallest absolute Gasteiger partial charge is 0.246 e. The van der Waals surface area contributed by atoms with E-state index in [2.05, 4.69) is 66.9 Å². The molecule has 6 heteroatoms. The predicted octanol–water partition coefficient (Wildman–Crippen LogP) is 4.31. The summed E-state index contributed by atoms with van der Waals surface area (Å²) < 4.78 is 0. The van der Waals surface area contributed by atoms with Crippen molar-refractivity contribution in [1.29, 1.82) is 0 Å². The molecule has 6 nitrogen and oxygen atoms in total. The third-order valence-corrected chi connectivity index (χ3v) is 4.71. The van der Waals surface area contributed by atoms with Gasteiger partial charge in [-0.15, -0.1) is 0 Å². The van der Waals surface area contributed by atoms with Crippen LogP contribution in [-0.4, -0.2) is 46.9 Å². The van der Waals surface area contributed by atoms with Crippen molar-refractivity contribution in [2.75, 3.05) is 13.1 Å². The molecule has 1 atom stereocenters. The Balaban J connectivity index is 2.04. The molecule has 0 aliphatic carbocycles. The zero-order valence-corrected chi connectivity index (χ0v) is 19.7. The van der Waals surface area contributed by atoms with Crippen LogP contribution in [0.15, 0.2) is 72.9 Å². The second-order valence-electron chi connectivity index (χ2n) is 7.72. The lowest BCUT2D eigenvalue weighted by Crippen LogP contribution is -2.40. The summed E-state index contributed by atoms with van der Waals surface area (Å²) in [6.45, 7) is 2.07. The van der Waals surface area contributed by atoms with Gasteiger partial charge in [0.1, 0.15) is 6.54 Å². The van der Waals surface area contributed by atoms with Crippen LogP contribution >= 0.6 is 0 Å². The lowest BCUT2D eigenvalue weighted by atomic mass is 10.2. The maximum absolute atomic E-state index is 11.8. The molecule has 1 aliphatic rings. The third kappa shape index (κ3) is 15.5. The molecule has 0 aromatic carbocycles. The number of carbonyl (C=O) groups excluding carboxylic acids is 3. The minimum Gasteiger partial charge on any atom is -0.391 e. The summed E-state index contributed by atoms with van der Waals surface area (Å²) in [5, 5.41) is 11.7. The van der Waals surface area contributed by atoms with Gasteiger partial charge in [0, 0.05) is 13.0 Å². The Bertz CT molecular complexity index is 775. The van der Waals surface area contributed by atoms with E-state index in [-0.39, 0.29) is 31.8 Å². The molecule has 1 fully saturated rings. The Hall–Kier alpha value is -2.99. The minimum atomic E-state index is -0.736. The fourth-order valence-corrected chi connectivity index (χ4v) is 3.04. The average Bonchev–Trinajstić information content (AvgIpc) is 3.09. The molecule has 180 valence electrons. The van der Waals surface area contributed by atoms with E-state index >= 15 is 0 Å². The van der Waals surface area contributed by atoms with Crippen LogP contribution < -0.4 is 5.32 Å². The van der Waals surface area contributed by atoms with Gasteiger partial charge in [-0.3, -0.25) is 19.7 Å². The van der Waals surface area contributed by atoms with Crippen molar-refractivity contribution in [2.24, 2.45) is 0 Å². The molecular weight excluding hydrogens is 416 g/mol. The molecule has 0 bridgehead atoms. The van der Waals surface area contributed by atoms with Crippen molar-refractivity contribution in [3.8, 4) is 0 Å². The minimum absolute atomic E-state index is 0.0275. The molecule has 3 amide bonds. The summed E-state index contributed by atoms with van der Waals surface area (Å²) in [5.41, 5.74) is 0. The van der Waals surface area contributed by atoms with E-state index in [1.54, 1.807) is 6.08 Å². The Kier molecular flexibility index (Phi) is 15.8. The van der Waals surface area contributed by atoms with Gasteiger partial charge in [-0.1, -0.05) is 79.8 Å². The maximum Gasteiger partial charge on any atom is 0.246 e. The van der Waals surface area contributed by atoms with Gasteiger partial charge in [0.05, 0.1) is 12.5 Å². The lowest BCUT2D eigenvalue weighted by Gasteiger charge is -2.14. The van der Waals surface area contributed by atoms with Gasteiger partial charge in [-0.05, 0) is 38.5 Å². The number of rotatable bonds is 15. The van der Waals surface area contributed by atoms with Crippen molar-refractivity contribution >= 4 is 17.7 Å². The van der Waals surface area contributed by atoms with Gasteiger partial charge in [-0.2, -0.15) is 0 Å². The second-order valence-corrected chi connectivity index (χ2v) is 7.72. The maximum atomic E-state index is 11.8. The first kappa shape index (κ1) is 28.0. The van der Waals surface area contributed by atoms with Crippen molar-refractivity contribution in [3.05, 3.63) is 72.9 Å². The van der Waals surface area contributed by atoms with Crippen LogP contribution in [0.4, 0.5) is 0 Å². The lowest BCUT2D eigenvalue weighted by molar-refractivity contribution is -0.136. The SMILES string of the molecule is CCC=CCC=CCC=CCC=CCC=CCC=CCC(=O)NC(=O)CN1CC(O)CC1=O. The third-order valence-electron chi connectivity index (χ3n) is 4.71. The molecule has 1 heterocycles. The van der Waals surface area contributed by atoms with E-state index in [0.29, 0.717) is 0 Å². The molecule has 1 aliphatic heterocycles. The number of amides is 3. The fourth-order valence-electron chi connectivity index (χ4n) is 3.04. The zero-order valence-electron chi connectivity index (χ0n) is 19.7. The molecule has 0 aromatic heterocycles. The van der Waals surface area contributed by atoms with Crippen LogP contribution in [0.1, 0.15) is 58.3 Å². The van der Waals surface area contributed by atoms with Gasteiger partial charge >= 0.3 is 0 Å². The summed E-state index contributed by atoms with van der Waals surface area (Å²) in [6, 6.07) is 0. The summed E-state index contributed by atoms with van der Waals surface area (Å²) in [4.78, 5) is 36.4. The molecular formula is C27H38N2O4. The van der Waals surface area contributed by atoms with Crippen LogP contribution in [0, 0.1) is 0 Å². The number of nitrogens with zero attached hydrogens (tertiary/aromatic N) is 1. The number of β-amino-alcohol motifs (C(OH)–C–C–N with tert-alkyl or cyclic N) is 1. The molecule has 0 saturated carbocycles. The number of carbonyl (C=O) groups is 3. The van der Waals surface area contributed by atoms with E-state index in [1.807, 2.05) is 12.2 Å². The van der Waals surface area contributed by atoms with Crippen molar-refractivity contribution in [2.45, 2.75) is 64.4 Å². The van der Waals surface area contributed by atoms with Crippen LogP contribution in [0.2, 0.25) is 0 Å². The highest BCUT2D eigenvalue weighted by atomic mass is 16.3. The Labute approximate surface area is 198 Å². The Morgan fingerprint density at radius 1 is 0.818 bits per heavy atom. The first-order valence-corrected chi connectivity index (χ1v) is 11.7. The first-order chi connectivity index (χ1) is 16.0. The molecule has 0 aromatic rings. The molecule has 1 unspecified atom stereocenters. The van der Waals surface area contributed by atoms with E-state index in [4.69, 9.17) is 0 Å². The molecule has 1 rings (SSSR count). The van der Waals surface area contributed by atoms with Gasteiger partial charge in [0.2, 0.25) is 17.7 Å². The number of aliphatic hydroxyl groups excluding tert-OH is 1. The average molecular weight is 455 g/mol. The van der Waals surface area contributed by atoms with E-state index in [9.17, 15) is 19.5 Å². The first-order valence-electron chi connectivity index (χ1n) is 11.7. The number of hydrogen-bond donors (Lipinski definition) is 2. The fraction of sp³-hybridized carbons (Fsp3) is 0.444. The van der Waals surface area contributed by atoms with Crippen LogP contribution in [0.5, 0.6) is 0 Å². The highest BCUT2D eigenvalue weighted by Crippen LogP contribution is 2.09. The van der Waals surface area contributed by atoms with Crippen LogP contribution in [0.25, 0.3) is 0 Å². The summed E-state index contributed by atoms with van der Waals surface area (Å²) in [5.74, 6) is -1.22. The highest BCUT2D eigenvalue weighted by molar-refractivity contribution is 5.98. The molecule has 2 N–H and O–H groups in total. The number of likely N-dealkylation sites (tertiary alicyclic amines) is 1. The second kappa shape index (κ2) is 18.6. The molecule has 0 spiro atoms. The van der Waals surface area contributed by atoms with Crippen molar-refractivity contribution in [3.63, 3.8) is 0 Å². The van der Waals surface area contributed by atoms with Crippen LogP contribution in [-0.2, 0) is 14.4 Å². The normalized spacial score (nSPS) is 17.3. The Morgan fingerprint density at radius 2 is 1.27 bits per heavy atom. The Morgan fingerprint density at radius 3 is 1.70 bits per heavy atom. The van der Waals surface area contributed by atoms with E-state index in [1.165, 1.54) is 4.90 Å². The summed E-state index contributed by atoms with van der Waals surface area (Å²) in [6.07, 6.45) is 30.0. The number of hydrogen-bond acceptors (Lipinski definition) is 4. The van der Waals surface area contributed by atoms with Crippen LogP contribution in [0.3, 0.4) is 0 Å². The number of nitrogens with one attached hydrogen (secondary N) is 1. The number of imide groups is 1. The van der Waals surface area contributed by atoms with Gasteiger partial charge in [-0.25, -0.2) is 0 Å². The topological polar surface area (TPSA) is 86.7 Å². The van der Waals surface area contributed by atoms with E-state index < -0.39 is 17.9 Å². The van der Waals surface area contributed by atoms with Gasteiger partial charge < -0.3 is 10.0 Å². The molecule has 1 saturated heterocycles.